The average Bonchev–Trinajstić information content (AvgIpc) is 2.87. The van der Waals surface area contributed by atoms with E-state index in [1.165, 1.54) is 42.8 Å². The van der Waals surface area contributed by atoms with Gasteiger partial charge in [-0.05, 0) is 38.0 Å². The molecule has 2 aliphatic carbocycles. The van der Waals surface area contributed by atoms with Gasteiger partial charge >= 0.3 is 0 Å². The normalized spacial score (nSPS) is 29.8. The zero-order chi connectivity index (χ0) is 11.0. The molecule has 2 unspecified atom stereocenters. The van der Waals surface area contributed by atoms with Crippen LogP contribution in [0.2, 0.25) is 0 Å². The van der Waals surface area contributed by atoms with Crippen LogP contribution in [0.3, 0.4) is 0 Å². The topological polar surface area (TPSA) is 24.9 Å². The third-order valence-corrected chi connectivity index (χ3v) is 4.67. The SMILES string of the molecule is CC1CCC(NCc2nc(C3CC3)cs2)C1. The molecule has 16 heavy (non-hydrogen) atoms. The monoisotopic (exact) mass is 236 g/mol. The van der Waals surface area contributed by atoms with Gasteiger partial charge in [0.25, 0.3) is 0 Å². The molecule has 1 N–H and O–H groups in total. The second-order valence-corrected chi connectivity index (χ2v) is 6.38. The van der Waals surface area contributed by atoms with E-state index in [1.807, 2.05) is 11.3 Å². The molecule has 2 fully saturated rings. The lowest BCUT2D eigenvalue weighted by Crippen LogP contribution is -2.25. The van der Waals surface area contributed by atoms with Crippen molar-refractivity contribution in [2.24, 2.45) is 5.92 Å². The van der Waals surface area contributed by atoms with Crippen LogP contribution in [-0.4, -0.2) is 11.0 Å². The molecule has 2 aliphatic rings. The van der Waals surface area contributed by atoms with Crippen molar-refractivity contribution in [3.05, 3.63) is 16.1 Å². The lowest BCUT2D eigenvalue weighted by Gasteiger charge is -2.10. The lowest BCUT2D eigenvalue weighted by molar-refractivity contribution is 0.501. The predicted octanol–water partition coefficient (Wildman–Crippen LogP) is 3.30. The summed E-state index contributed by atoms with van der Waals surface area (Å²) in [5.74, 6) is 1.72. The molecule has 0 radical (unpaired) electrons. The molecule has 2 atom stereocenters. The van der Waals surface area contributed by atoms with Gasteiger partial charge in [-0.3, -0.25) is 0 Å². The minimum Gasteiger partial charge on any atom is -0.308 e. The molecule has 0 spiro atoms. The molecule has 1 heterocycles. The Kier molecular flexibility index (Phi) is 2.99. The number of hydrogen-bond acceptors (Lipinski definition) is 3. The average molecular weight is 236 g/mol. The first-order valence-corrected chi connectivity index (χ1v) is 7.37. The van der Waals surface area contributed by atoms with Crippen molar-refractivity contribution < 1.29 is 0 Å². The zero-order valence-electron chi connectivity index (χ0n) is 9.91. The number of nitrogens with zero attached hydrogens (tertiary/aromatic N) is 1. The Bertz CT molecular complexity index is 357. The van der Waals surface area contributed by atoms with Gasteiger partial charge in [-0.1, -0.05) is 6.92 Å². The maximum absolute atomic E-state index is 4.71. The second kappa shape index (κ2) is 4.46. The summed E-state index contributed by atoms with van der Waals surface area (Å²) >= 11 is 1.83. The molecule has 3 rings (SSSR count). The van der Waals surface area contributed by atoms with Gasteiger partial charge in [0.05, 0.1) is 5.69 Å². The fourth-order valence-electron chi connectivity index (χ4n) is 2.60. The quantitative estimate of drug-likeness (QED) is 0.867. The van der Waals surface area contributed by atoms with Crippen molar-refractivity contribution in [1.82, 2.24) is 10.3 Å². The van der Waals surface area contributed by atoms with Gasteiger partial charge in [-0.15, -0.1) is 11.3 Å². The van der Waals surface area contributed by atoms with Crippen molar-refractivity contribution in [3.63, 3.8) is 0 Å². The molecule has 3 heteroatoms. The molecular weight excluding hydrogens is 216 g/mol. The number of nitrogens with one attached hydrogen (secondary N) is 1. The van der Waals surface area contributed by atoms with Gasteiger partial charge < -0.3 is 5.32 Å². The summed E-state index contributed by atoms with van der Waals surface area (Å²) in [7, 11) is 0. The van der Waals surface area contributed by atoms with Crippen LogP contribution in [0.5, 0.6) is 0 Å². The van der Waals surface area contributed by atoms with Crippen LogP contribution in [0.1, 0.15) is 55.6 Å². The molecular formula is C13H20N2S. The van der Waals surface area contributed by atoms with Gasteiger partial charge in [0.2, 0.25) is 0 Å². The highest BCUT2D eigenvalue weighted by molar-refractivity contribution is 7.09. The summed E-state index contributed by atoms with van der Waals surface area (Å²) in [5, 5.41) is 7.18. The van der Waals surface area contributed by atoms with E-state index in [4.69, 9.17) is 4.98 Å². The third kappa shape index (κ3) is 2.46. The number of hydrogen-bond donors (Lipinski definition) is 1. The van der Waals surface area contributed by atoms with Crippen molar-refractivity contribution in [1.29, 1.82) is 0 Å². The Morgan fingerprint density at radius 1 is 1.38 bits per heavy atom. The van der Waals surface area contributed by atoms with Crippen LogP contribution < -0.4 is 5.32 Å². The van der Waals surface area contributed by atoms with Crippen molar-refractivity contribution in [2.45, 2.75) is 57.5 Å². The van der Waals surface area contributed by atoms with Gasteiger partial charge in [0, 0.05) is 23.9 Å². The van der Waals surface area contributed by atoms with Crippen LogP contribution in [-0.2, 0) is 6.54 Å². The van der Waals surface area contributed by atoms with Crippen LogP contribution >= 0.6 is 11.3 Å². The molecule has 1 aromatic rings. The first-order valence-electron chi connectivity index (χ1n) is 6.49. The predicted molar refractivity (Wildman–Crippen MR) is 67.7 cm³/mol. The van der Waals surface area contributed by atoms with Crippen molar-refractivity contribution >= 4 is 11.3 Å². The van der Waals surface area contributed by atoms with Gasteiger partial charge in [0.1, 0.15) is 5.01 Å². The van der Waals surface area contributed by atoms with Crippen LogP contribution in [0, 0.1) is 5.92 Å². The smallest absolute Gasteiger partial charge is 0.107 e. The summed E-state index contributed by atoms with van der Waals surface area (Å²) in [6, 6.07) is 0.739. The van der Waals surface area contributed by atoms with E-state index in [2.05, 4.69) is 17.6 Å². The largest absolute Gasteiger partial charge is 0.308 e. The highest BCUT2D eigenvalue weighted by Crippen LogP contribution is 2.40. The highest BCUT2D eigenvalue weighted by Gasteiger charge is 2.26. The molecule has 2 saturated carbocycles. The minimum atomic E-state index is 0.739. The van der Waals surface area contributed by atoms with Crippen LogP contribution in [0.4, 0.5) is 0 Å². The number of aromatic nitrogens is 1. The summed E-state index contributed by atoms with van der Waals surface area (Å²) in [4.78, 5) is 4.71. The van der Waals surface area contributed by atoms with Crippen LogP contribution in [0.25, 0.3) is 0 Å². The Hall–Kier alpha value is -0.410. The summed E-state index contributed by atoms with van der Waals surface area (Å²) in [6.45, 7) is 3.34. The Morgan fingerprint density at radius 2 is 2.25 bits per heavy atom. The van der Waals surface area contributed by atoms with E-state index < -0.39 is 0 Å². The first-order chi connectivity index (χ1) is 7.81. The molecule has 2 nitrogen and oxygen atoms in total. The van der Waals surface area contributed by atoms with Crippen LogP contribution in [0.15, 0.2) is 5.38 Å². The van der Waals surface area contributed by atoms with Gasteiger partial charge in [-0.25, -0.2) is 4.98 Å². The summed E-state index contributed by atoms with van der Waals surface area (Å²) < 4.78 is 0. The molecule has 0 amide bonds. The molecule has 0 aromatic carbocycles. The van der Waals surface area contributed by atoms with E-state index in [9.17, 15) is 0 Å². The molecule has 0 aliphatic heterocycles. The first kappa shape index (κ1) is 10.7. The fourth-order valence-corrected chi connectivity index (χ4v) is 3.42. The maximum atomic E-state index is 4.71. The fraction of sp³-hybridized carbons (Fsp3) is 0.769. The van der Waals surface area contributed by atoms with E-state index in [1.54, 1.807) is 0 Å². The molecule has 88 valence electrons. The molecule has 0 bridgehead atoms. The Labute approximate surface area is 101 Å². The minimum absolute atomic E-state index is 0.739. The molecule has 1 aromatic heterocycles. The van der Waals surface area contributed by atoms with E-state index in [0.717, 1.165) is 24.4 Å². The number of rotatable bonds is 4. The Morgan fingerprint density at radius 3 is 2.94 bits per heavy atom. The number of thiazole rings is 1. The van der Waals surface area contributed by atoms with E-state index in [0.29, 0.717) is 0 Å². The van der Waals surface area contributed by atoms with E-state index in [-0.39, 0.29) is 0 Å². The second-order valence-electron chi connectivity index (χ2n) is 5.44. The highest BCUT2D eigenvalue weighted by atomic mass is 32.1. The molecule has 0 saturated heterocycles. The third-order valence-electron chi connectivity index (χ3n) is 3.80. The zero-order valence-corrected chi connectivity index (χ0v) is 10.7. The Balaban J connectivity index is 1.50. The van der Waals surface area contributed by atoms with Gasteiger partial charge in [-0.2, -0.15) is 0 Å². The maximum Gasteiger partial charge on any atom is 0.107 e. The van der Waals surface area contributed by atoms with Crippen molar-refractivity contribution in [2.75, 3.05) is 0 Å². The summed E-state index contributed by atoms with van der Waals surface area (Å²) in [5.41, 5.74) is 1.35. The summed E-state index contributed by atoms with van der Waals surface area (Å²) in [6.07, 6.45) is 6.80. The van der Waals surface area contributed by atoms with E-state index >= 15 is 0 Å². The lowest BCUT2D eigenvalue weighted by atomic mass is 10.1. The van der Waals surface area contributed by atoms with Gasteiger partial charge in [0.15, 0.2) is 0 Å². The van der Waals surface area contributed by atoms with Crippen molar-refractivity contribution in [3.8, 4) is 0 Å². The standard InChI is InChI=1S/C13H20N2S/c1-9-2-5-11(6-9)14-7-13-15-12(8-16-13)10-3-4-10/h8-11,14H,2-7H2,1H3.